The average Bonchev–Trinajstić information content (AvgIpc) is 2.52. The van der Waals surface area contributed by atoms with Gasteiger partial charge in [0.2, 0.25) is 10.0 Å². The van der Waals surface area contributed by atoms with Gasteiger partial charge in [0.05, 0.1) is 12.4 Å². The average molecular weight is 350 g/mol. The van der Waals surface area contributed by atoms with E-state index in [9.17, 15) is 18.0 Å². The second-order valence-corrected chi connectivity index (χ2v) is 6.73. The molecule has 0 spiro atoms. The van der Waals surface area contributed by atoms with E-state index in [4.69, 9.17) is 4.74 Å². The molecule has 1 N–H and O–H groups in total. The Morgan fingerprint density at radius 1 is 1.17 bits per heavy atom. The zero-order valence-corrected chi connectivity index (χ0v) is 14.0. The molecule has 1 aromatic carbocycles. The third kappa shape index (κ3) is 4.95. The van der Waals surface area contributed by atoms with Gasteiger partial charge in [0.1, 0.15) is 12.2 Å². The van der Waals surface area contributed by atoms with E-state index in [1.54, 1.807) is 37.3 Å². The summed E-state index contributed by atoms with van der Waals surface area (Å²) in [4.78, 5) is 23.7. The molecule has 0 saturated heterocycles. The Kier molecular flexibility index (Phi) is 5.75. The molecule has 8 heteroatoms. The van der Waals surface area contributed by atoms with E-state index in [2.05, 4.69) is 4.72 Å². The number of nitrogens with one attached hydrogen (secondary N) is 1. The fraction of sp³-hybridized carbons (Fsp3) is 0.250. The number of carbonyl (C=O) groups is 1. The van der Waals surface area contributed by atoms with Gasteiger partial charge < -0.3 is 9.30 Å². The molecule has 1 heterocycles. The molecule has 0 aliphatic carbocycles. The van der Waals surface area contributed by atoms with Gasteiger partial charge in [-0.15, -0.1) is 0 Å². The molecule has 0 unspecified atom stereocenters. The van der Waals surface area contributed by atoms with Crippen LogP contribution in [0.1, 0.15) is 12.5 Å². The van der Waals surface area contributed by atoms with Crippen molar-refractivity contribution in [2.24, 2.45) is 0 Å². The van der Waals surface area contributed by atoms with E-state index in [-0.39, 0.29) is 24.6 Å². The minimum atomic E-state index is -3.75. The number of carbonyl (C=O) groups excluding carboxylic acids is 1. The van der Waals surface area contributed by atoms with Crippen LogP contribution in [0, 0.1) is 0 Å². The number of rotatable bonds is 7. The van der Waals surface area contributed by atoms with Crippen LogP contribution < -0.4 is 10.3 Å². The third-order valence-electron chi connectivity index (χ3n) is 3.09. The van der Waals surface area contributed by atoms with Crippen molar-refractivity contribution in [3.05, 3.63) is 64.6 Å². The lowest BCUT2D eigenvalue weighted by Crippen LogP contribution is -2.28. The number of aromatic nitrogens is 1. The third-order valence-corrected chi connectivity index (χ3v) is 4.33. The number of benzene rings is 1. The maximum Gasteiger partial charge on any atom is 0.326 e. The number of pyridine rings is 1. The quantitative estimate of drug-likeness (QED) is 0.761. The number of hydrogen-bond donors (Lipinski definition) is 1. The first-order valence-electron chi connectivity index (χ1n) is 7.31. The van der Waals surface area contributed by atoms with Crippen molar-refractivity contribution in [1.29, 1.82) is 0 Å². The summed E-state index contributed by atoms with van der Waals surface area (Å²) in [5.41, 5.74) is -0.118. The lowest BCUT2D eigenvalue weighted by molar-refractivity contribution is -0.143. The molecule has 24 heavy (non-hydrogen) atoms. The van der Waals surface area contributed by atoms with Gasteiger partial charge in [0.15, 0.2) is 0 Å². The molecule has 0 saturated carbocycles. The molecule has 2 rings (SSSR count). The standard InChI is InChI=1S/C16H18N2O5S/c1-2-23-15(19)11-18-10-6-9-14(16(18)20)17-24(21,22)12-13-7-4-3-5-8-13/h3-10,17H,2,11-12H2,1H3. The Morgan fingerprint density at radius 3 is 2.54 bits per heavy atom. The Labute approximate surface area is 139 Å². The largest absolute Gasteiger partial charge is 0.465 e. The molecule has 0 aliphatic rings. The summed E-state index contributed by atoms with van der Waals surface area (Å²) in [7, 11) is -3.75. The molecule has 0 radical (unpaired) electrons. The van der Waals surface area contributed by atoms with Crippen LogP contribution in [0.3, 0.4) is 0 Å². The van der Waals surface area contributed by atoms with Gasteiger partial charge in [0.25, 0.3) is 5.56 Å². The van der Waals surface area contributed by atoms with Crippen molar-refractivity contribution in [3.8, 4) is 0 Å². The number of esters is 1. The molecule has 128 valence electrons. The number of hydrogen-bond acceptors (Lipinski definition) is 5. The van der Waals surface area contributed by atoms with E-state index in [0.717, 1.165) is 4.57 Å². The van der Waals surface area contributed by atoms with E-state index >= 15 is 0 Å². The summed E-state index contributed by atoms with van der Waals surface area (Å²) in [6, 6.07) is 11.5. The van der Waals surface area contributed by atoms with Gasteiger partial charge in [-0.2, -0.15) is 0 Å². The first-order chi connectivity index (χ1) is 11.4. The first-order valence-corrected chi connectivity index (χ1v) is 8.96. The molecule has 1 aromatic heterocycles. The smallest absolute Gasteiger partial charge is 0.326 e. The van der Waals surface area contributed by atoms with Gasteiger partial charge in [-0.25, -0.2) is 8.42 Å². The highest BCUT2D eigenvalue weighted by Gasteiger charge is 2.15. The fourth-order valence-electron chi connectivity index (χ4n) is 2.08. The summed E-state index contributed by atoms with van der Waals surface area (Å²) in [6.07, 6.45) is 1.40. The molecule has 0 aliphatic heterocycles. The highest BCUT2D eigenvalue weighted by molar-refractivity contribution is 7.91. The highest BCUT2D eigenvalue weighted by Crippen LogP contribution is 2.09. The van der Waals surface area contributed by atoms with Crippen molar-refractivity contribution >= 4 is 21.7 Å². The second kappa shape index (κ2) is 7.78. The predicted octanol–water partition coefficient (Wildman–Crippen LogP) is 1.35. The maximum absolute atomic E-state index is 12.3. The molecule has 0 bridgehead atoms. The van der Waals surface area contributed by atoms with Gasteiger partial charge in [-0.05, 0) is 24.6 Å². The van der Waals surface area contributed by atoms with Crippen LogP contribution in [0.5, 0.6) is 0 Å². The Balaban J connectivity index is 2.17. The molecular weight excluding hydrogens is 332 g/mol. The summed E-state index contributed by atoms with van der Waals surface area (Å²) >= 11 is 0. The summed E-state index contributed by atoms with van der Waals surface area (Å²) in [5.74, 6) is -0.816. The van der Waals surface area contributed by atoms with Crippen molar-refractivity contribution in [1.82, 2.24) is 4.57 Å². The highest BCUT2D eigenvalue weighted by atomic mass is 32.2. The number of anilines is 1. The normalized spacial score (nSPS) is 11.0. The topological polar surface area (TPSA) is 94.5 Å². The zero-order valence-electron chi connectivity index (χ0n) is 13.1. The van der Waals surface area contributed by atoms with E-state index in [0.29, 0.717) is 5.56 Å². The van der Waals surface area contributed by atoms with Crippen LogP contribution in [0.4, 0.5) is 5.69 Å². The van der Waals surface area contributed by atoms with Crippen molar-refractivity contribution in [2.45, 2.75) is 19.2 Å². The Morgan fingerprint density at radius 2 is 1.88 bits per heavy atom. The van der Waals surface area contributed by atoms with Crippen LogP contribution in [0.2, 0.25) is 0 Å². The van der Waals surface area contributed by atoms with E-state index < -0.39 is 21.6 Å². The lowest BCUT2D eigenvalue weighted by atomic mass is 10.2. The monoisotopic (exact) mass is 350 g/mol. The van der Waals surface area contributed by atoms with Crippen LogP contribution in [0.15, 0.2) is 53.5 Å². The van der Waals surface area contributed by atoms with E-state index in [1.165, 1.54) is 18.3 Å². The van der Waals surface area contributed by atoms with Crippen molar-refractivity contribution < 1.29 is 17.9 Å². The summed E-state index contributed by atoms with van der Waals surface area (Å²) < 4.78 is 32.6. The minimum absolute atomic E-state index is 0.113. The summed E-state index contributed by atoms with van der Waals surface area (Å²) in [5, 5.41) is 0. The van der Waals surface area contributed by atoms with Crippen LogP contribution in [-0.4, -0.2) is 25.6 Å². The van der Waals surface area contributed by atoms with Crippen LogP contribution >= 0.6 is 0 Å². The first kappa shape index (κ1) is 17.7. The zero-order chi connectivity index (χ0) is 17.6. The van der Waals surface area contributed by atoms with Gasteiger partial charge in [-0.1, -0.05) is 30.3 Å². The molecule has 0 atom stereocenters. The van der Waals surface area contributed by atoms with Crippen molar-refractivity contribution in [3.63, 3.8) is 0 Å². The van der Waals surface area contributed by atoms with Gasteiger partial charge >= 0.3 is 5.97 Å². The summed E-state index contributed by atoms with van der Waals surface area (Å²) in [6.45, 7) is 1.59. The number of ether oxygens (including phenoxy) is 1. The minimum Gasteiger partial charge on any atom is -0.465 e. The van der Waals surface area contributed by atoms with Crippen LogP contribution in [-0.2, 0) is 31.9 Å². The molecule has 0 amide bonds. The molecule has 2 aromatic rings. The van der Waals surface area contributed by atoms with E-state index in [1.807, 2.05) is 0 Å². The predicted molar refractivity (Wildman–Crippen MR) is 90.0 cm³/mol. The lowest BCUT2D eigenvalue weighted by Gasteiger charge is -2.10. The SMILES string of the molecule is CCOC(=O)Cn1cccc(NS(=O)(=O)Cc2ccccc2)c1=O. The Bertz CT molecular complexity index is 860. The maximum atomic E-state index is 12.3. The number of sulfonamides is 1. The molecule has 0 fully saturated rings. The number of nitrogens with zero attached hydrogens (tertiary/aromatic N) is 1. The fourth-order valence-corrected chi connectivity index (χ4v) is 3.28. The van der Waals surface area contributed by atoms with Gasteiger partial charge in [0, 0.05) is 6.20 Å². The van der Waals surface area contributed by atoms with Crippen molar-refractivity contribution in [2.75, 3.05) is 11.3 Å². The second-order valence-electron chi connectivity index (χ2n) is 5.01. The van der Waals surface area contributed by atoms with Crippen LogP contribution in [0.25, 0.3) is 0 Å². The van der Waals surface area contributed by atoms with Gasteiger partial charge in [-0.3, -0.25) is 14.3 Å². The Hall–Kier alpha value is -2.61. The molecular formula is C16H18N2O5S. The molecule has 7 nitrogen and oxygen atoms in total.